The van der Waals surface area contributed by atoms with Crippen LogP contribution in [0, 0.1) is 5.92 Å². The first kappa shape index (κ1) is 18.8. The monoisotopic (exact) mass is 388 g/mol. The van der Waals surface area contributed by atoms with Gasteiger partial charge in [0.15, 0.2) is 11.6 Å². The first-order valence-electron chi connectivity index (χ1n) is 9.45. The van der Waals surface area contributed by atoms with Crippen LogP contribution < -0.4 is 0 Å². The molecule has 3 aliphatic heterocycles. The number of carbonyl (C=O) groups is 2. The van der Waals surface area contributed by atoms with Gasteiger partial charge in [-0.05, 0) is 6.08 Å². The molecule has 1 aromatic carbocycles. The van der Waals surface area contributed by atoms with E-state index in [1.165, 1.54) is 12.0 Å². The predicted molar refractivity (Wildman–Crippen MR) is 97.9 cm³/mol. The van der Waals surface area contributed by atoms with E-state index in [0.29, 0.717) is 45.2 Å². The third kappa shape index (κ3) is 3.33. The van der Waals surface area contributed by atoms with Gasteiger partial charge in [-0.3, -0.25) is 9.69 Å². The smallest absolute Gasteiger partial charge is 0.416 e. The van der Waals surface area contributed by atoms with Gasteiger partial charge in [0.2, 0.25) is 0 Å². The van der Waals surface area contributed by atoms with Crippen molar-refractivity contribution in [1.29, 1.82) is 0 Å². The van der Waals surface area contributed by atoms with E-state index in [4.69, 9.17) is 18.9 Å². The number of methoxy groups -OCH3 is 1. The number of hydrogen-bond acceptors (Lipinski definition) is 7. The number of benzene rings is 1. The zero-order valence-corrected chi connectivity index (χ0v) is 15.8. The van der Waals surface area contributed by atoms with Crippen LogP contribution in [0.15, 0.2) is 42.3 Å². The lowest BCUT2D eigenvalue weighted by atomic mass is 9.87. The summed E-state index contributed by atoms with van der Waals surface area (Å²) >= 11 is 0. The molecule has 3 heterocycles. The van der Waals surface area contributed by atoms with E-state index >= 15 is 0 Å². The maximum absolute atomic E-state index is 12.5. The fourth-order valence-corrected chi connectivity index (χ4v) is 4.00. The van der Waals surface area contributed by atoms with Crippen molar-refractivity contribution in [3.05, 3.63) is 47.9 Å². The molecule has 1 aromatic rings. The first-order chi connectivity index (χ1) is 13.6. The van der Waals surface area contributed by atoms with Crippen molar-refractivity contribution in [2.24, 2.45) is 5.92 Å². The molecule has 4 rings (SSSR count). The van der Waals surface area contributed by atoms with Gasteiger partial charge in [-0.15, -0.1) is 0 Å². The second kappa shape index (κ2) is 7.81. The van der Waals surface area contributed by atoms with E-state index < -0.39 is 17.7 Å². The molecular formula is C20H24N2O6. The molecule has 0 aromatic heterocycles. The van der Waals surface area contributed by atoms with Crippen molar-refractivity contribution < 1.29 is 28.5 Å². The van der Waals surface area contributed by atoms with E-state index in [2.05, 4.69) is 4.90 Å². The first-order valence-corrected chi connectivity index (χ1v) is 9.45. The molecule has 0 aliphatic carbocycles. The molecule has 3 aliphatic rings. The fraction of sp³-hybridized carbons (Fsp3) is 0.500. The number of rotatable bonds is 4. The van der Waals surface area contributed by atoms with Gasteiger partial charge in [-0.1, -0.05) is 30.3 Å². The Morgan fingerprint density at radius 2 is 1.89 bits per heavy atom. The molecule has 0 saturated carbocycles. The minimum atomic E-state index is -0.906. The Bertz CT molecular complexity index is 761. The molecule has 0 radical (unpaired) electrons. The normalized spacial score (nSPS) is 28.3. The van der Waals surface area contributed by atoms with E-state index in [1.807, 2.05) is 30.3 Å². The largest absolute Gasteiger partial charge is 0.469 e. The molecule has 8 nitrogen and oxygen atoms in total. The average molecular weight is 388 g/mol. The lowest BCUT2D eigenvalue weighted by Gasteiger charge is -2.49. The van der Waals surface area contributed by atoms with Gasteiger partial charge in [0.25, 0.3) is 0 Å². The number of cyclic esters (lactones) is 1. The van der Waals surface area contributed by atoms with E-state index in [-0.39, 0.29) is 12.6 Å². The topological polar surface area (TPSA) is 77.5 Å². The molecule has 0 N–H and O–H groups in total. The van der Waals surface area contributed by atoms with Gasteiger partial charge >= 0.3 is 12.1 Å². The van der Waals surface area contributed by atoms with E-state index in [9.17, 15) is 9.59 Å². The van der Waals surface area contributed by atoms with Crippen LogP contribution in [0.2, 0.25) is 0 Å². The summed E-state index contributed by atoms with van der Waals surface area (Å²) in [6.45, 7) is 3.13. The molecule has 28 heavy (non-hydrogen) atoms. The summed E-state index contributed by atoms with van der Waals surface area (Å²) in [6, 6.07) is 9.78. The van der Waals surface area contributed by atoms with Crippen molar-refractivity contribution in [2.45, 2.75) is 12.1 Å². The van der Waals surface area contributed by atoms with Crippen LogP contribution >= 0.6 is 0 Å². The average Bonchev–Trinajstić information content (AvgIpc) is 3.20. The lowest BCUT2D eigenvalue weighted by Crippen LogP contribution is -2.56. The third-order valence-corrected chi connectivity index (χ3v) is 5.39. The Kier molecular flexibility index (Phi) is 5.23. The zero-order valence-electron chi connectivity index (χ0n) is 15.8. The van der Waals surface area contributed by atoms with Crippen LogP contribution in [-0.2, 0) is 29.5 Å². The van der Waals surface area contributed by atoms with E-state index in [0.717, 1.165) is 5.56 Å². The SMILES string of the molecule is COC(=O)C1C=C(N2CCOC2=O)OC(c2ccccc2)(N2CCOCC2)C1. The Hall–Kier alpha value is -2.58. The summed E-state index contributed by atoms with van der Waals surface area (Å²) < 4.78 is 22.2. The van der Waals surface area contributed by atoms with E-state index in [1.54, 1.807) is 6.08 Å². The lowest BCUT2D eigenvalue weighted by molar-refractivity contribution is -0.195. The Balaban J connectivity index is 1.79. The van der Waals surface area contributed by atoms with Gasteiger partial charge in [-0.25, -0.2) is 9.69 Å². The Labute approximate surface area is 163 Å². The van der Waals surface area contributed by atoms with Gasteiger partial charge in [0.05, 0.1) is 32.8 Å². The summed E-state index contributed by atoms with van der Waals surface area (Å²) in [4.78, 5) is 28.3. The molecule has 2 unspecified atom stereocenters. The molecule has 2 fully saturated rings. The Morgan fingerprint density at radius 1 is 1.14 bits per heavy atom. The fourth-order valence-electron chi connectivity index (χ4n) is 4.00. The molecule has 150 valence electrons. The molecule has 2 atom stereocenters. The maximum Gasteiger partial charge on any atom is 0.416 e. The standard InChI is InChI=1S/C20H24N2O6/c1-25-18(23)15-13-17(22-9-12-27-19(22)24)28-20(14-15,16-5-3-2-4-6-16)21-7-10-26-11-8-21/h2-6,13,15H,7-12,14H2,1H3. The minimum Gasteiger partial charge on any atom is -0.469 e. The van der Waals surface area contributed by atoms with Gasteiger partial charge in [0, 0.05) is 25.1 Å². The van der Waals surface area contributed by atoms with Crippen LogP contribution in [-0.4, -0.2) is 68.4 Å². The van der Waals surface area contributed by atoms with Crippen molar-refractivity contribution >= 4 is 12.1 Å². The third-order valence-electron chi connectivity index (χ3n) is 5.39. The molecule has 8 heteroatoms. The number of hydrogen-bond donors (Lipinski definition) is 0. The number of ether oxygens (including phenoxy) is 4. The Morgan fingerprint density at radius 3 is 2.54 bits per heavy atom. The van der Waals surface area contributed by atoms with Crippen molar-refractivity contribution in [3.8, 4) is 0 Å². The maximum atomic E-state index is 12.5. The summed E-state index contributed by atoms with van der Waals surface area (Å²) in [5.41, 5.74) is 0.0144. The minimum absolute atomic E-state index is 0.290. The number of nitrogens with zero attached hydrogens (tertiary/aromatic N) is 2. The van der Waals surface area contributed by atoms with Crippen LogP contribution in [0.1, 0.15) is 12.0 Å². The van der Waals surface area contributed by atoms with Crippen LogP contribution in [0.3, 0.4) is 0 Å². The highest BCUT2D eigenvalue weighted by Crippen LogP contribution is 2.44. The molecule has 0 spiro atoms. The van der Waals surface area contributed by atoms with Gasteiger partial charge in [-0.2, -0.15) is 0 Å². The van der Waals surface area contributed by atoms with Gasteiger partial charge < -0.3 is 18.9 Å². The van der Waals surface area contributed by atoms with Gasteiger partial charge in [0.1, 0.15) is 6.61 Å². The van der Waals surface area contributed by atoms with Crippen LogP contribution in [0.5, 0.6) is 0 Å². The van der Waals surface area contributed by atoms with Crippen LogP contribution in [0.4, 0.5) is 4.79 Å². The summed E-state index contributed by atoms with van der Waals surface area (Å²) in [7, 11) is 1.37. The highest BCUT2D eigenvalue weighted by molar-refractivity contribution is 5.76. The molecule has 1 amide bonds. The zero-order chi connectivity index (χ0) is 19.6. The molecule has 2 saturated heterocycles. The molecule has 0 bridgehead atoms. The van der Waals surface area contributed by atoms with Crippen molar-refractivity contribution in [2.75, 3.05) is 46.6 Å². The summed E-state index contributed by atoms with van der Waals surface area (Å²) in [5.74, 6) is -0.577. The summed E-state index contributed by atoms with van der Waals surface area (Å²) in [5, 5.41) is 0. The predicted octanol–water partition coefficient (Wildman–Crippen LogP) is 1.67. The highest BCUT2D eigenvalue weighted by Gasteiger charge is 2.49. The number of carbonyl (C=O) groups excluding carboxylic acids is 2. The summed E-state index contributed by atoms with van der Waals surface area (Å²) in [6.07, 6.45) is 1.58. The molecular weight excluding hydrogens is 364 g/mol. The second-order valence-corrected chi connectivity index (χ2v) is 6.96. The van der Waals surface area contributed by atoms with Crippen LogP contribution in [0.25, 0.3) is 0 Å². The number of amides is 1. The quantitative estimate of drug-likeness (QED) is 0.726. The highest BCUT2D eigenvalue weighted by atomic mass is 16.6. The number of morpholine rings is 1. The van der Waals surface area contributed by atoms with Crippen molar-refractivity contribution in [3.63, 3.8) is 0 Å². The number of esters is 1. The van der Waals surface area contributed by atoms with Crippen molar-refractivity contribution in [1.82, 2.24) is 9.80 Å². The second-order valence-electron chi connectivity index (χ2n) is 6.96.